The number of aromatic nitrogens is 1. The molecule has 1 unspecified atom stereocenters. The number of amides is 2. The Bertz CT molecular complexity index is 734. The average molecular weight is 355 g/mol. The molecule has 1 N–H and O–H groups in total. The van der Waals surface area contributed by atoms with E-state index in [1.165, 1.54) is 0 Å². The van der Waals surface area contributed by atoms with Crippen LogP contribution >= 0.6 is 11.8 Å². The lowest BCUT2D eigenvalue weighted by Crippen LogP contribution is -2.34. The van der Waals surface area contributed by atoms with E-state index >= 15 is 0 Å². The van der Waals surface area contributed by atoms with Crippen molar-refractivity contribution in [2.24, 2.45) is 5.92 Å². The van der Waals surface area contributed by atoms with Gasteiger partial charge in [-0.15, -0.1) is 11.8 Å². The Morgan fingerprint density at radius 2 is 2.08 bits per heavy atom. The fraction of sp³-hybridized carbons (Fsp3) is 0.316. The molecule has 2 aromatic rings. The summed E-state index contributed by atoms with van der Waals surface area (Å²) < 4.78 is 0. The topological polar surface area (TPSA) is 62.3 Å². The highest BCUT2D eigenvalue weighted by Crippen LogP contribution is 2.27. The molecule has 1 aliphatic rings. The fourth-order valence-corrected chi connectivity index (χ4v) is 3.31. The number of hydrogen-bond acceptors (Lipinski definition) is 4. The maximum atomic E-state index is 12.3. The summed E-state index contributed by atoms with van der Waals surface area (Å²) in [6.07, 6.45) is 4.71. The predicted molar refractivity (Wildman–Crippen MR) is 99.6 cm³/mol. The third-order valence-corrected chi connectivity index (χ3v) is 5.03. The van der Waals surface area contributed by atoms with Crippen LogP contribution in [0.15, 0.2) is 53.6 Å². The molecule has 0 bridgehead atoms. The quantitative estimate of drug-likeness (QED) is 0.809. The highest BCUT2D eigenvalue weighted by atomic mass is 32.2. The van der Waals surface area contributed by atoms with Crippen LogP contribution in [0.1, 0.15) is 12.1 Å². The van der Waals surface area contributed by atoms with E-state index < -0.39 is 0 Å². The van der Waals surface area contributed by atoms with Gasteiger partial charge in [0.2, 0.25) is 11.8 Å². The van der Waals surface area contributed by atoms with Gasteiger partial charge in [0.1, 0.15) is 0 Å². The lowest BCUT2D eigenvalue weighted by atomic mass is 10.1. The van der Waals surface area contributed by atoms with Crippen molar-refractivity contribution in [1.29, 1.82) is 0 Å². The minimum atomic E-state index is -0.295. The molecule has 1 atom stereocenters. The molecule has 0 radical (unpaired) electrons. The number of benzene rings is 1. The van der Waals surface area contributed by atoms with Crippen LogP contribution in [0.3, 0.4) is 0 Å². The van der Waals surface area contributed by atoms with Crippen LogP contribution < -0.4 is 10.2 Å². The molecular formula is C19H21N3O2S. The molecule has 1 aromatic heterocycles. The van der Waals surface area contributed by atoms with Gasteiger partial charge in [0.05, 0.1) is 5.92 Å². The smallest absolute Gasteiger partial charge is 0.227 e. The molecule has 1 fully saturated rings. The number of carbonyl (C=O) groups is 2. The van der Waals surface area contributed by atoms with E-state index in [2.05, 4.69) is 10.3 Å². The van der Waals surface area contributed by atoms with E-state index in [9.17, 15) is 9.59 Å². The van der Waals surface area contributed by atoms with E-state index in [0.717, 1.165) is 16.3 Å². The zero-order chi connectivity index (χ0) is 17.6. The van der Waals surface area contributed by atoms with Crippen molar-refractivity contribution in [1.82, 2.24) is 10.3 Å². The minimum absolute atomic E-state index is 0.00165. The minimum Gasteiger partial charge on any atom is -0.355 e. The maximum Gasteiger partial charge on any atom is 0.227 e. The molecule has 1 aliphatic heterocycles. The molecule has 6 heteroatoms. The van der Waals surface area contributed by atoms with Crippen LogP contribution in [-0.4, -0.2) is 36.1 Å². The molecule has 0 saturated carbocycles. The van der Waals surface area contributed by atoms with Gasteiger partial charge < -0.3 is 10.2 Å². The van der Waals surface area contributed by atoms with Gasteiger partial charge in [-0.1, -0.05) is 6.07 Å². The standard InChI is InChI=1S/C19H21N3O2S/c1-25-17-7-5-16(6-8-17)22-13-14(12-18(22)23)19(24)21-11-9-15-4-2-3-10-20-15/h2-8,10,14H,9,11-13H2,1H3,(H,21,24). The van der Waals surface area contributed by atoms with Gasteiger partial charge in [0, 0.05) is 48.4 Å². The summed E-state index contributed by atoms with van der Waals surface area (Å²) >= 11 is 1.66. The zero-order valence-electron chi connectivity index (χ0n) is 14.1. The van der Waals surface area contributed by atoms with E-state index in [1.54, 1.807) is 22.9 Å². The second-order valence-electron chi connectivity index (χ2n) is 5.97. The molecule has 2 amide bonds. The highest BCUT2D eigenvalue weighted by Gasteiger charge is 2.34. The summed E-state index contributed by atoms with van der Waals surface area (Å²) in [7, 11) is 0. The Kier molecular flexibility index (Phi) is 5.71. The summed E-state index contributed by atoms with van der Waals surface area (Å²) in [5, 5.41) is 2.92. The third-order valence-electron chi connectivity index (χ3n) is 4.29. The Balaban J connectivity index is 1.53. The molecule has 2 heterocycles. The SMILES string of the molecule is CSc1ccc(N2CC(C(=O)NCCc3ccccn3)CC2=O)cc1. The second-order valence-corrected chi connectivity index (χ2v) is 6.85. The van der Waals surface area contributed by atoms with E-state index in [1.807, 2.05) is 48.7 Å². The monoisotopic (exact) mass is 355 g/mol. The van der Waals surface area contributed by atoms with Gasteiger partial charge in [0.25, 0.3) is 0 Å². The molecular weight excluding hydrogens is 334 g/mol. The zero-order valence-corrected chi connectivity index (χ0v) is 15.0. The van der Waals surface area contributed by atoms with E-state index in [4.69, 9.17) is 0 Å². The Labute approximate surface area is 151 Å². The van der Waals surface area contributed by atoms with Crippen molar-refractivity contribution in [2.75, 3.05) is 24.2 Å². The molecule has 3 rings (SSSR count). The van der Waals surface area contributed by atoms with Crippen molar-refractivity contribution in [3.63, 3.8) is 0 Å². The van der Waals surface area contributed by atoms with E-state index in [0.29, 0.717) is 19.5 Å². The largest absolute Gasteiger partial charge is 0.355 e. The molecule has 25 heavy (non-hydrogen) atoms. The second kappa shape index (κ2) is 8.16. The first-order chi connectivity index (χ1) is 12.2. The molecule has 0 aliphatic carbocycles. The van der Waals surface area contributed by atoms with Crippen LogP contribution in [0, 0.1) is 5.92 Å². The number of carbonyl (C=O) groups excluding carboxylic acids is 2. The van der Waals surface area contributed by atoms with Crippen molar-refractivity contribution in [2.45, 2.75) is 17.7 Å². The lowest BCUT2D eigenvalue weighted by Gasteiger charge is -2.17. The van der Waals surface area contributed by atoms with Crippen molar-refractivity contribution in [3.05, 3.63) is 54.4 Å². The molecule has 130 valence electrons. The number of nitrogens with zero attached hydrogens (tertiary/aromatic N) is 2. The van der Waals surface area contributed by atoms with Crippen LogP contribution in [-0.2, 0) is 16.0 Å². The van der Waals surface area contributed by atoms with Crippen LogP contribution in [0.4, 0.5) is 5.69 Å². The van der Waals surface area contributed by atoms with Crippen molar-refractivity contribution < 1.29 is 9.59 Å². The number of thioether (sulfide) groups is 1. The number of anilines is 1. The maximum absolute atomic E-state index is 12.3. The van der Waals surface area contributed by atoms with Gasteiger partial charge in [0.15, 0.2) is 0 Å². The van der Waals surface area contributed by atoms with E-state index in [-0.39, 0.29) is 24.2 Å². The van der Waals surface area contributed by atoms with Gasteiger partial charge in [-0.3, -0.25) is 14.6 Å². The first-order valence-electron chi connectivity index (χ1n) is 8.29. The molecule has 5 nitrogen and oxygen atoms in total. The van der Waals surface area contributed by atoms with Gasteiger partial charge >= 0.3 is 0 Å². The van der Waals surface area contributed by atoms with Gasteiger partial charge in [-0.2, -0.15) is 0 Å². The summed E-state index contributed by atoms with van der Waals surface area (Å²) in [4.78, 5) is 31.7. The first-order valence-corrected chi connectivity index (χ1v) is 9.52. The summed E-state index contributed by atoms with van der Waals surface area (Å²) in [6, 6.07) is 13.6. The normalized spacial score (nSPS) is 16.9. The Morgan fingerprint density at radius 3 is 2.76 bits per heavy atom. The Hall–Kier alpha value is -2.34. The first kappa shape index (κ1) is 17.5. The number of pyridine rings is 1. The van der Waals surface area contributed by atoms with Crippen LogP contribution in [0.25, 0.3) is 0 Å². The van der Waals surface area contributed by atoms with Crippen molar-refractivity contribution >= 4 is 29.3 Å². The number of nitrogens with one attached hydrogen (secondary N) is 1. The average Bonchev–Trinajstić information content (AvgIpc) is 3.04. The fourth-order valence-electron chi connectivity index (χ4n) is 2.90. The predicted octanol–water partition coefficient (Wildman–Crippen LogP) is 2.52. The highest BCUT2D eigenvalue weighted by molar-refractivity contribution is 7.98. The summed E-state index contributed by atoms with van der Waals surface area (Å²) in [5.74, 6) is -0.356. The molecule has 1 saturated heterocycles. The van der Waals surface area contributed by atoms with Gasteiger partial charge in [-0.05, 0) is 42.7 Å². The van der Waals surface area contributed by atoms with Crippen LogP contribution in [0.5, 0.6) is 0 Å². The number of hydrogen-bond donors (Lipinski definition) is 1. The summed E-state index contributed by atoms with van der Waals surface area (Å²) in [5.41, 5.74) is 1.80. The molecule has 1 aromatic carbocycles. The lowest BCUT2D eigenvalue weighted by molar-refractivity contribution is -0.126. The molecule has 0 spiro atoms. The van der Waals surface area contributed by atoms with Gasteiger partial charge in [-0.25, -0.2) is 0 Å². The third kappa shape index (κ3) is 4.39. The van der Waals surface area contributed by atoms with Crippen LogP contribution in [0.2, 0.25) is 0 Å². The Morgan fingerprint density at radius 1 is 1.28 bits per heavy atom. The van der Waals surface area contributed by atoms with Crippen molar-refractivity contribution in [3.8, 4) is 0 Å². The number of rotatable bonds is 6. The summed E-state index contributed by atoms with van der Waals surface area (Å²) in [6.45, 7) is 0.968.